The van der Waals surface area contributed by atoms with Crippen LogP contribution in [0.1, 0.15) is 54.4 Å². The van der Waals surface area contributed by atoms with Crippen molar-refractivity contribution in [2.45, 2.75) is 66.0 Å². The molecule has 16 nitrogen and oxygen atoms in total. The minimum absolute atomic E-state index is 0.0281. The fourth-order valence-corrected chi connectivity index (χ4v) is 4.32. The second kappa shape index (κ2) is 11.5. The van der Waals surface area contributed by atoms with Crippen molar-refractivity contribution in [3.63, 3.8) is 0 Å². The number of phosphoric ester groups is 1. The van der Waals surface area contributed by atoms with Gasteiger partial charge in [0, 0.05) is 12.8 Å². The number of halogens is 1. The first-order valence-electron chi connectivity index (χ1n) is 12.3. The highest BCUT2D eigenvalue weighted by molar-refractivity contribution is 7.48. The number of carbonyl (C=O) groups is 2. The molecule has 0 aliphatic carbocycles. The predicted molar refractivity (Wildman–Crippen MR) is 138 cm³/mol. The highest BCUT2D eigenvalue weighted by Crippen LogP contribution is 2.52. The molecule has 1 fully saturated rings. The number of carbonyl (C=O) groups excluding carboxylic acids is 2. The zero-order valence-corrected chi connectivity index (χ0v) is 24.4. The van der Waals surface area contributed by atoms with Gasteiger partial charge in [-0.3, -0.25) is 18.7 Å². The van der Waals surface area contributed by atoms with Gasteiger partial charge in [-0.2, -0.15) is 15.2 Å². The SMILES string of the molecule is CC(C)(C)C(=O)OCOP(=O)(OCOC(=O)C(C)(C)C)OC[C@]1(F)CC[C@](C#N)(n2cnc3c(N)nc(N)nc32)O1. The average Bonchev–Trinajstić information content (AvgIpc) is 3.44. The molecule has 2 aromatic heterocycles. The number of hydrogen-bond donors (Lipinski definition) is 2. The molecule has 1 aliphatic rings. The standard InChI is InChI=1S/C23H33FN7O9P/c1-20(2,3)17(32)35-12-38-41(34,39-13-36-18(33)21(4,5)6)37-10-22(24)7-8-23(9-25,40-22)31-11-28-14-15(26)29-19(27)30-16(14)31/h11H,7-8,10,12-13H2,1-6H3,(H4,26,27,29,30)/t22-,23-/m0/s1. The molecule has 41 heavy (non-hydrogen) atoms. The molecule has 3 heterocycles. The molecule has 4 N–H and O–H groups in total. The van der Waals surface area contributed by atoms with Crippen molar-refractivity contribution in [2.75, 3.05) is 31.7 Å². The van der Waals surface area contributed by atoms with Crippen LogP contribution >= 0.6 is 7.82 Å². The number of alkyl halides is 1. The number of nitrogen functional groups attached to an aromatic ring is 2. The molecule has 226 valence electrons. The van der Waals surface area contributed by atoms with Crippen LogP contribution in [0.2, 0.25) is 0 Å². The summed E-state index contributed by atoms with van der Waals surface area (Å²) >= 11 is 0. The number of nitriles is 1. The van der Waals surface area contributed by atoms with Crippen molar-refractivity contribution in [2.24, 2.45) is 10.8 Å². The van der Waals surface area contributed by atoms with E-state index in [0.717, 1.165) is 4.57 Å². The molecule has 0 amide bonds. The number of phosphoric acid groups is 1. The number of rotatable bonds is 10. The number of esters is 2. The normalized spacial score (nSPS) is 21.5. The maximum absolute atomic E-state index is 15.9. The quantitative estimate of drug-likeness (QED) is 0.227. The van der Waals surface area contributed by atoms with Crippen molar-refractivity contribution in [1.82, 2.24) is 19.5 Å². The van der Waals surface area contributed by atoms with Crippen molar-refractivity contribution < 1.29 is 46.3 Å². The summed E-state index contributed by atoms with van der Waals surface area (Å²) in [6.45, 7) is 6.67. The average molecular weight is 602 g/mol. The van der Waals surface area contributed by atoms with E-state index in [1.54, 1.807) is 41.5 Å². The molecule has 0 spiro atoms. The Hall–Kier alpha value is -3.42. The van der Waals surface area contributed by atoms with Gasteiger partial charge in [0.1, 0.15) is 24.5 Å². The minimum Gasteiger partial charge on any atom is -0.437 e. The molecule has 1 saturated heterocycles. The lowest BCUT2D eigenvalue weighted by molar-refractivity contribution is -0.202. The van der Waals surface area contributed by atoms with E-state index in [9.17, 15) is 19.4 Å². The molecule has 0 aromatic carbocycles. The van der Waals surface area contributed by atoms with Crippen LogP contribution in [-0.2, 0) is 47.7 Å². The number of fused-ring (bicyclic) bond motifs is 1. The van der Waals surface area contributed by atoms with E-state index in [2.05, 4.69) is 15.0 Å². The summed E-state index contributed by atoms with van der Waals surface area (Å²) in [5.41, 5.74) is 7.86. The summed E-state index contributed by atoms with van der Waals surface area (Å²) in [7, 11) is -4.72. The maximum atomic E-state index is 15.9. The van der Waals surface area contributed by atoms with Crippen molar-refractivity contribution in [3.8, 4) is 6.07 Å². The summed E-state index contributed by atoms with van der Waals surface area (Å²) in [6, 6.07) is 1.90. The number of hydrogen-bond acceptors (Lipinski definition) is 15. The van der Waals surface area contributed by atoms with E-state index < -0.39 is 68.8 Å². The Balaban J connectivity index is 1.76. The van der Waals surface area contributed by atoms with Crippen LogP contribution < -0.4 is 11.5 Å². The van der Waals surface area contributed by atoms with Crippen molar-refractivity contribution in [3.05, 3.63) is 6.33 Å². The topological polar surface area (TPSA) is 226 Å². The van der Waals surface area contributed by atoms with Gasteiger partial charge in [-0.05, 0) is 41.5 Å². The fraction of sp³-hybridized carbons (Fsp3) is 0.652. The first-order chi connectivity index (χ1) is 18.8. The van der Waals surface area contributed by atoms with Crippen LogP contribution in [0.4, 0.5) is 16.2 Å². The molecule has 3 rings (SSSR count). The third-order valence-electron chi connectivity index (χ3n) is 5.66. The summed E-state index contributed by atoms with van der Waals surface area (Å²) in [4.78, 5) is 36.0. The van der Waals surface area contributed by atoms with Gasteiger partial charge < -0.3 is 25.7 Å². The monoisotopic (exact) mass is 601 g/mol. The Morgan fingerprint density at radius 1 is 1.07 bits per heavy atom. The first-order valence-corrected chi connectivity index (χ1v) is 13.7. The summed E-state index contributed by atoms with van der Waals surface area (Å²) in [6.07, 6.45) is 0.556. The molecular formula is C23H33FN7O9P. The lowest BCUT2D eigenvalue weighted by atomic mass is 9.98. The molecule has 2 atom stereocenters. The van der Waals surface area contributed by atoms with Gasteiger partial charge in [-0.25, -0.2) is 23.0 Å². The third-order valence-corrected chi connectivity index (χ3v) is 6.95. The van der Waals surface area contributed by atoms with Crippen molar-refractivity contribution in [1.29, 1.82) is 5.26 Å². The molecule has 0 saturated carbocycles. The lowest BCUT2D eigenvalue weighted by Gasteiger charge is -2.27. The second-order valence-electron chi connectivity index (χ2n) is 11.2. The van der Waals surface area contributed by atoms with E-state index in [1.165, 1.54) is 6.33 Å². The van der Waals surface area contributed by atoms with Crippen LogP contribution in [0, 0.1) is 22.2 Å². The van der Waals surface area contributed by atoms with Gasteiger partial charge in [0.05, 0.1) is 10.8 Å². The Bertz CT molecular complexity index is 1360. The molecule has 1 aliphatic heterocycles. The number of nitrogens with zero attached hydrogens (tertiary/aromatic N) is 5. The van der Waals surface area contributed by atoms with Gasteiger partial charge in [-0.15, -0.1) is 0 Å². The van der Waals surface area contributed by atoms with E-state index in [-0.39, 0.29) is 29.4 Å². The predicted octanol–water partition coefficient (Wildman–Crippen LogP) is 2.89. The van der Waals surface area contributed by atoms with Crippen LogP contribution in [0.3, 0.4) is 0 Å². The van der Waals surface area contributed by atoms with E-state index in [0.29, 0.717) is 0 Å². The first kappa shape index (κ1) is 32.1. The Morgan fingerprint density at radius 2 is 1.63 bits per heavy atom. The van der Waals surface area contributed by atoms with Gasteiger partial charge in [0.15, 0.2) is 11.5 Å². The molecule has 0 radical (unpaired) electrons. The zero-order chi connectivity index (χ0) is 30.9. The second-order valence-corrected chi connectivity index (χ2v) is 12.9. The largest absolute Gasteiger partial charge is 0.480 e. The highest BCUT2D eigenvalue weighted by atomic mass is 31.2. The van der Waals surface area contributed by atoms with Crippen molar-refractivity contribution >= 4 is 42.7 Å². The van der Waals surface area contributed by atoms with Gasteiger partial charge in [0.25, 0.3) is 0 Å². The summed E-state index contributed by atoms with van der Waals surface area (Å²) < 4.78 is 60.9. The van der Waals surface area contributed by atoms with E-state index >= 15 is 4.39 Å². The highest BCUT2D eigenvalue weighted by Gasteiger charge is 2.54. The lowest BCUT2D eigenvalue weighted by Crippen LogP contribution is -2.37. The smallest absolute Gasteiger partial charge is 0.437 e. The Labute approximate surface area is 235 Å². The number of anilines is 2. The summed E-state index contributed by atoms with van der Waals surface area (Å²) in [5.74, 6) is -4.33. The maximum Gasteiger partial charge on any atom is 0.480 e. The zero-order valence-electron chi connectivity index (χ0n) is 23.5. The van der Waals surface area contributed by atoms with E-state index in [1.807, 2.05) is 6.07 Å². The number of nitrogens with two attached hydrogens (primary N) is 2. The molecule has 18 heteroatoms. The van der Waals surface area contributed by atoms with Crippen LogP contribution in [0.25, 0.3) is 11.2 Å². The number of aromatic nitrogens is 4. The van der Waals surface area contributed by atoms with Crippen LogP contribution in [0.5, 0.6) is 0 Å². The number of imidazole rings is 1. The van der Waals surface area contributed by atoms with Crippen LogP contribution in [-0.4, -0.2) is 57.5 Å². The van der Waals surface area contributed by atoms with Crippen LogP contribution in [0.15, 0.2) is 6.33 Å². The summed E-state index contributed by atoms with van der Waals surface area (Å²) in [5, 5.41) is 9.98. The molecule has 2 aromatic rings. The van der Waals surface area contributed by atoms with E-state index in [4.69, 9.17) is 39.2 Å². The third kappa shape index (κ3) is 7.46. The Kier molecular flexibility index (Phi) is 8.97. The number of ether oxygens (including phenoxy) is 3. The molecule has 0 bridgehead atoms. The fourth-order valence-electron chi connectivity index (χ4n) is 3.38. The minimum atomic E-state index is -4.72. The molecule has 0 unspecified atom stereocenters. The molecular weight excluding hydrogens is 568 g/mol. The van der Waals surface area contributed by atoms with Gasteiger partial charge in [-0.1, -0.05) is 0 Å². The van der Waals surface area contributed by atoms with Gasteiger partial charge >= 0.3 is 19.8 Å². The van der Waals surface area contributed by atoms with Gasteiger partial charge in [0.2, 0.25) is 31.1 Å². The Morgan fingerprint density at radius 3 is 2.15 bits per heavy atom.